The SMILES string of the molecule is CC1(CCN=C(NCCc2ccco2)NCCc2cccs2)OCCO1. The molecule has 1 aliphatic heterocycles. The first-order valence-corrected chi connectivity index (χ1v) is 9.96. The first-order chi connectivity index (χ1) is 12.7. The van der Waals surface area contributed by atoms with Gasteiger partial charge in [-0.05, 0) is 36.9 Å². The van der Waals surface area contributed by atoms with Crippen LogP contribution in [0.4, 0.5) is 0 Å². The summed E-state index contributed by atoms with van der Waals surface area (Å²) < 4.78 is 16.7. The lowest BCUT2D eigenvalue weighted by atomic mass is 10.2. The van der Waals surface area contributed by atoms with Crippen molar-refractivity contribution in [1.82, 2.24) is 10.6 Å². The van der Waals surface area contributed by atoms with E-state index >= 15 is 0 Å². The van der Waals surface area contributed by atoms with E-state index in [4.69, 9.17) is 13.9 Å². The predicted molar refractivity (Wildman–Crippen MR) is 104 cm³/mol. The summed E-state index contributed by atoms with van der Waals surface area (Å²) in [4.78, 5) is 6.05. The molecule has 0 radical (unpaired) electrons. The molecule has 7 heteroatoms. The monoisotopic (exact) mass is 377 g/mol. The quantitative estimate of drug-likeness (QED) is 0.520. The molecule has 2 aromatic heterocycles. The summed E-state index contributed by atoms with van der Waals surface area (Å²) in [6.45, 7) is 5.55. The van der Waals surface area contributed by atoms with E-state index < -0.39 is 5.79 Å². The Labute approximate surface area is 158 Å². The Kier molecular flexibility index (Phi) is 7.11. The molecule has 2 aromatic rings. The highest BCUT2D eigenvalue weighted by Crippen LogP contribution is 2.22. The first kappa shape index (κ1) is 18.9. The zero-order chi connectivity index (χ0) is 18.1. The van der Waals surface area contributed by atoms with E-state index in [-0.39, 0.29) is 0 Å². The molecule has 0 saturated carbocycles. The van der Waals surface area contributed by atoms with Crippen LogP contribution in [0.15, 0.2) is 45.3 Å². The van der Waals surface area contributed by atoms with Crippen LogP contribution in [0, 0.1) is 0 Å². The van der Waals surface area contributed by atoms with E-state index in [2.05, 4.69) is 33.1 Å². The van der Waals surface area contributed by atoms with Gasteiger partial charge < -0.3 is 24.5 Å². The van der Waals surface area contributed by atoms with Gasteiger partial charge in [0.1, 0.15) is 5.76 Å². The van der Waals surface area contributed by atoms with Crippen LogP contribution < -0.4 is 10.6 Å². The van der Waals surface area contributed by atoms with Crippen molar-refractivity contribution < 1.29 is 13.9 Å². The van der Waals surface area contributed by atoms with Crippen molar-refractivity contribution in [2.24, 2.45) is 4.99 Å². The van der Waals surface area contributed by atoms with Gasteiger partial charge in [-0.25, -0.2) is 0 Å². The van der Waals surface area contributed by atoms with Gasteiger partial charge in [0.05, 0.1) is 19.5 Å². The fourth-order valence-electron chi connectivity index (χ4n) is 2.76. The lowest BCUT2D eigenvalue weighted by Crippen LogP contribution is -2.39. The molecule has 3 rings (SSSR count). The van der Waals surface area contributed by atoms with Gasteiger partial charge in [-0.15, -0.1) is 11.3 Å². The minimum absolute atomic E-state index is 0.500. The molecule has 0 bridgehead atoms. The summed E-state index contributed by atoms with van der Waals surface area (Å²) in [5, 5.41) is 8.89. The summed E-state index contributed by atoms with van der Waals surface area (Å²) in [5.74, 6) is 1.28. The number of hydrogen-bond acceptors (Lipinski definition) is 5. The second-order valence-electron chi connectivity index (χ2n) is 6.32. The highest BCUT2D eigenvalue weighted by atomic mass is 32.1. The van der Waals surface area contributed by atoms with Crippen LogP contribution in [-0.4, -0.2) is 44.6 Å². The van der Waals surface area contributed by atoms with Crippen molar-refractivity contribution in [3.63, 3.8) is 0 Å². The van der Waals surface area contributed by atoms with E-state index in [0.29, 0.717) is 19.8 Å². The molecular formula is C19H27N3O3S. The zero-order valence-electron chi connectivity index (χ0n) is 15.2. The van der Waals surface area contributed by atoms with Crippen molar-refractivity contribution in [1.29, 1.82) is 0 Å². The summed E-state index contributed by atoms with van der Waals surface area (Å²) in [6, 6.07) is 8.13. The third-order valence-corrected chi connectivity index (χ3v) is 5.16. The van der Waals surface area contributed by atoms with Crippen LogP contribution in [-0.2, 0) is 22.3 Å². The van der Waals surface area contributed by atoms with E-state index in [0.717, 1.165) is 44.1 Å². The molecule has 3 heterocycles. The van der Waals surface area contributed by atoms with Gasteiger partial charge in [0.25, 0.3) is 0 Å². The normalized spacial score (nSPS) is 16.7. The van der Waals surface area contributed by atoms with E-state index in [9.17, 15) is 0 Å². The molecule has 1 saturated heterocycles. The maximum Gasteiger partial charge on any atom is 0.191 e. The Morgan fingerprint density at radius 1 is 1.15 bits per heavy atom. The standard InChI is InChI=1S/C19H27N3O3S/c1-19(24-13-14-25-19)8-11-22-18(20-9-6-16-4-2-12-23-16)21-10-7-17-5-3-15-26-17/h2-5,12,15H,6-11,13-14H2,1H3,(H2,20,21,22). The molecule has 0 amide bonds. The second kappa shape index (κ2) is 9.75. The van der Waals surface area contributed by atoms with Gasteiger partial charge in [0, 0.05) is 37.4 Å². The Morgan fingerprint density at radius 3 is 2.65 bits per heavy atom. The van der Waals surface area contributed by atoms with Gasteiger partial charge >= 0.3 is 0 Å². The number of aliphatic imine (C=N–C) groups is 1. The van der Waals surface area contributed by atoms with Crippen LogP contribution in [0.5, 0.6) is 0 Å². The van der Waals surface area contributed by atoms with Crippen molar-refractivity contribution in [3.05, 3.63) is 46.5 Å². The molecule has 26 heavy (non-hydrogen) atoms. The molecule has 0 atom stereocenters. The van der Waals surface area contributed by atoms with Crippen LogP contribution in [0.1, 0.15) is 24.0 Å². The van der Waals surface area contributed by atoms with E-state index in [1.807, 2.05) is 19.1 Å². The van der Waals surface area contributed by atoms with Crippen LogP contribution >= 0.6 is 11.3 Å². The Bertz CT molecular complexity index is 607. The number of nitrogens with one attached hydrogen (secondary N) is 2. The van der Waals surface area contributed by atoms with Crippen LogP contribution in [0.25, 0.3) is 0 Å². The molecule has 142 valence electrons. The number of rotatable bonds is 9. The summed E-state index contributed by atoms with van der Waals surface area (Å²) in [5.41, 5.74) is 0. The summed E-state index contributed by atoms with van der Waals surface area (Å²) >= 11 is 1.78. The minimum Gasteiger partial charge on any atom is -0.469 e. The molecule has 0 aromatic carbocycles. The van der Waals surface area contributed by atoms with Gasteiger partial charge in [0.15, 0.2) is 11.7 Å². The van der Waals surface area contributed by atoms with Gasteiger partial charge in [-0.2, -0.15) is 0 Å². The van der Waals surface area contributed by atoms with Crippen LogP contribution in [0.2, 0.25) is 0 Å². The summed E-state index contributed by atoms with van der Waals surface area (Å²) in [6.07, 6.45) is 4.25. The number of furan rings is 1. The average molecular weight is 378 g/mol. The van der Waals surface area contributed by atoms with Crippen molar-refractivity contribution in [2.45, 2.75) is 32.0 Å². The Morgan fingerprint density at radius 2 is 1.96 bits per heavy atom. The highest BCUT2D eigenvalue weighted by Gasteiger charge is 2.30. The Hall–Kier alpha value is -1.83. The first-order valence-electron chi connectivity index (χ1n) is 9.08. The largest absolute Gasteiger partial charge is 0.469 e. The topological polar surface area (TPSA) is 68.0 Å². The molecule has 0 aliphatic carbocycles. The lowest BCUT2D eigenvalue weighted by molar-refractivity contribution is -0.144. The maximum absolute atomic E-state index is 5.64. The molecule has 0 unspecified atom stereocenters. The fourth-order valence-corrected chi connectivity index (χ4v) is 3.47. The second-order valence-corrected chi connectivity index (χ2v) is 7.36. The molecule has 1 fully saturated rings. The van der Waals surface area contributed by atoms with Crippen LogP contribution in [0.3, 0.4) is 0 Å². The molecular weight excluding hydrogens is 350 g/mol. The maximum atomic E-state index is 5.64. The van der Waals surface area contributed by atoms with Crippen molar-refractivity contribution in [3.8, 4) is 0 Å². The fraction of sp³-hybridized carbons (Fsp3) is 0.526. The van der Waals surface area contributed by atoms with Gasteiger partial charge in [-0.3, -0.25) is 4.99 Å². The van der Waals surface area contributed by atoms with Crippen molar-refractivity contribution in [2.75, 3.05) is 32.8 Å². The number of hydrogen-bond donors (Lipinski definition) is 2. The number of thiophene rings is 1. The molecule has 2 N–H and O–H groups in total. The lowest BCUT2D eigenvalue weighted by Gasteiger charge is -2.21. The number of guanidine groups is 1. The highest BCUT2D eigenvalue weighted by molar-refractivity contribution is 7.09. The minimum atomic E-state index is -0.500. The predicted octanol–water partition coefficient (Wildman–Crippen LogP) is 2.81. The van der Waals surface area contributed by atoms with E-state index in [1.165, 1.54) is 4.88 Å². The molecule has 0 spiro atoms. The third-order valence-electron chi connectivity index (χ3n) is 4.22. The zero-order valence-corrected chi connectivity index (χ0v) is 16.0. The Balaban J connectivity index is 1.46. The number of ether oxygens (including phenoxy) is 2. The van der Waals surface area contributed by atoms with Gasteiger partial charge in [0.2, 0.25) is 0 Å². The molecule has 1 aliphatic rings. The van der Waals surface area contributed by atoms with Crippen molar-refractivity contribution >= 4 is 17.3 Å². The van der Waals surface area contributed by atoms with E-state index in [1.54, 1.807) is 17.6 Å². The summed E-state index contributed by atoms with van der Waals surface area (Å²) in [7, 11) is 0. The number of nitrogens with zero attached hydrogens (tertiary/aromatic N) is 1. The smallest absolute Gasteiger partial charge is 0.191 e. The molecule has 6 nitrogen and oxygen atoms in total. The average Bonchev–Trinajstić information content (AvgIpc) is 3.37. The van der Waals surface area contributed by atoms with Gasteiger partial charge in [-0.1, -0.05) is 6.07 Å². The third kappa shape index (κ3) is 6.16.